The van der Waals surface area contributed by atoms with E-state index >= 15 is 0 Å². The van der Waals surface area contributed by atoms with Gasteiger partial charge in [0.15, 0.2) is 0 Å². The molecule has 0 aromatic carbocycles. The van der Waals surface area contributed by atoms with Gasteiger partial charge < -0.3 is 5.11 Å². The van der Waals surface area contributed by atoms with Crippen LogP contribution >= 0.6 is 0 Å². The van der Waals surface area contributed by atoms with Crippen molar-refractivity contribution in [2.75, 3.05) is 0 Å². The number of alkyl halides is 4. The third-order valence-electron chi connectivity index (χ3n) is 3.45. The number of aromatic nitrogens is 2. The number of carboxylic acid groups (broad SMARTS) is 1. The Labute approximate surface area is 98.2 Å². The van der Waals surface area contributed by atoms with E-state index in [2.05, 4.69) is 5.10 Å². The SMILES string of the molecule is O=C(O)Cn1nc(C(F)F)c2c1C(F)(F)C1CC21. The zero-order valence-corrected chi connectivity index (χ0v) is 8.91. The molecule has 2 unspecified atom stereocenters. The quantitative estimate of drug-likeness (QED) is 0.851. The normalized spacial score (nSPS) is 27.2. The average molecular weight is 264 g/mol. The molecule has 1 saturated carbocycles. The first-order chi connectivity index (χ1) is 8.34. The van der Waals surface area contributed by atoms with Gasteiger partial charge in [0.05, 0.1) is 0 Å². The summed E-state index contributed by atoms with van der Waals surface area (Å²) < 4.78 is 53.7. The minimum absolute atomic E-state index is 0.138. The molecular weight excluding hydrogens is 256 g/mol. The van der Waals surface area contributed by atoms with Crippen molar-refractivity contribution in [3.8, 4) is 0 Å². The Morgan fingerprint density at radius 1 is 1.56 bits per heavy atom. The van der Waals surface area contributed by atoms with Crippen LogP contribution in [0.25, 0.3) is 0 Å². The molecule has 2 atom stereocenters. The Balaban J connectivity index is 2.16. The van der Waals surface area contributed by atoms with Gasteiger partial charge in [0.1, 0.15) is 17.9 Å². The van der Waals surface area contributed by atoms with Gasteiger partial charge in [-0.25, -0.2) is 8.78 Å². The summed E-state index contributed by atoms with van der Waals surface area (Å²) in [5, 5.41) is 12.0. The topological polar surface area (TPSA) is 55.1 Å². The second-order valence-electron chi connectivity index (χ2n) is 4.57. The van der Waals surface area contributed by atoms with Gasteiger partial charge in [0.25, 0.3) is 12.3 Å². The zero-order valence-electron chi connectivity index (χ0n) is 8.91. The van der Waals surface area contributed by atoms with Crippen LogP contribution in [0, 0.1) is 5.92 Å². The minimum Gasteiger partial charge on any atom is -0.480 e. The number of fused-ring (bicyclic) bond motifs is 3. The van der Waals surface area contributed by atoms with Crippen molar-refractivity contribution in [2.24, 2.45) is 5.92 Å². The summed E-state index contributed by atoms with van der Waals surface area (Å²) in [6, 6.07) is 0. The molecule has 2 aliphatic rings. The third kappa shape index (κ3) is 1.31. The Bertz CT molecular complexity index is 540. The molecule has 0 radical (unpaired) electrons. The van der Waals surface area contributed by atoms with Crippen LogP contribution in [-0.4, -0.2) is 20.9 Å². The number of hydrogen-bond donors (Lipinski definition) is 1. The van der Waals surface area contributed by atoms with Crippen molar-refractivity contribution in [2.45, 2.75) is 31.2 Å². The van der Waals surface area contributed by atoms with Gasteiger partial charge in [-0.15, -0.1) is 0 Å². The molecule has 98 valence electrons. The van der Waals surface area contributed by atoms with E-state index in [1.165, 1.54) is 0 Å². The van der Waals surface area contributed by atoms with E-state index in [4.69, 9.17) is 5.11 Å². The first kappa shape index (κ1) is 11.5. The van der Waals surface area contributed by atoms with E-state index in [9.17, 15) is 22.4 Å². The van der Waals surface area contributed by atoms with Crippen LogP contribution in [0.2, 0.25) is 0 Å². The molecule has 0 saturated heterocycles. The fraction of sp³-hybridized carbons (Fsp3) is 0.600. The molecule has 0 aliphatic heterocycles. The van der Waals surface area contributed by atoms with Crippen LogP contribution in [0.3, 0.4) is 0 Å². The van der Waals surface area contributed by atoms with Crippen LogP contribution in [-0.2, 0) is 17.3 Å². The Hall–Kier alpha value is -1.60. The zero-order chi connectivity index (χ0) is 13.2. The van der Waals surface area contributed by atoms with Gasteiger partial charge in [-0.1, -0.05) is 0 Å². The number of hydrogen-bond acceptors (Lipinski definition) is 2. The second kappa shape index (κ2) is 3.24. The highest BCUT2D eigenvalue weighted by Crippen LogP contribution is 2.68. The summed E-state index contributed by atoms with van der Waals surface area (Å²) >= 11 is 0. The molecule has 1 fully saturated rings. The van der Waals surface area contributed by atoms with Crippen molar-refractivity contribution in [3.63, 3.8) is 0 Å². The van der Waals surface area contributed by atoms with E-state index in [1.807, 2.05) is 0 Å². The van der Waals surface area contributed by atoms with Gasteiger partial charge in [-0.05, 0) is 12.3 Å². The lowest BCUT2D eigenvalue weighted by molar-refractivity contribution is -0.138. The Morgan fingerprint density at radius 2 is 2.22 bits per heavy atom. The standard InChI is InChI=1S/C10H8F4N2O2/c11-9(12)7-6-3-1-4(3)10(13,14)8(6)16(15-7)2-5(17)18/h3-4,9H,1-2H2,(H,17,18). The minimum atomic E-state index is -3.25. The van der Waals surface area contributed by atoms with Gasteiger partial charge in [-0.2, -0.15) is 13.9 Å². The summed E-state index contributed by atoms with van der Waals surface area (Å²) in [7, 11) is 0. The van der Waals surface area contributed by atoms with Crippen molar-refractivity contribution < 1.29 is 27.5 Å². The first-order valence-electron chi connectivity index (χ1n) is 5.32. The van der Waals surface area contributed by atoms with Crippen molar-refractivity contribution in [1.82, 2.24) is 9.78 Å². The van der Waals surface area contributed by atoms with Gasteiger partial charge in [0.2, 0.25) is 0 Å². The maximum Gasteiger partial charge on any atom is 0.325 e. The number of rotatable bonds is 3. The van der Waals surface area contributed by atoms with Gasteiger partial charge in [0, 0.05) is 11.5 Å². The fourth-order valence-corrected chi connectivity index (χ4v) is 2.71. The molecular formula is C10H8F4N2O2. The monoisotopic (exact) mass is 264 g/mol. The molecule has 1 N–H and O–H groups in total. The number of nitrogens with zero attached hydrogens (tertiary/aromatic N) is 2. The van der Waals surface area contributed by atoms with Crippen LogP contribution in [0.5, 0.6) is 0 Å². The molecule has 2 aliphatic carbocycles. The summed E-state index contributed by atoms with van der Waals surface area (Å²) in [5.74, 6) is -6.21. The molecule has 0 spiro atoms. The molecule has 8 heteroatoms. The molecule has 0 amide bonds. The summed E-state index contributed by atoms with van der Waals surface area (Å²) in [6.07, 6.45) is -2.80. The Morgan fingerprint density at radius 3 is 2.78 bits per heavy atom. The highest BCUT2D eigenvalue weighted by Gasteiger charge is 2.67. The predicted molar refractivity (Wildman–Crippen MR) is 49.6 cm³/mol. The number of aliphatic carboxylic acids is 1. The molecule has 4 nitrogen and oxygen atoms in total. The van der Waals surface area contributed by atoms with E-state index in [-0.39, 0.29) is 12.0 Å². The van der Waals surface area contributed by atoms with Crippen molar-refractivity contribution in [3.05, 3.63) is 17.0 Å². The predicted octanol–water partition coefficient (Wildman–Crippen LogP) is 2.11. The molecule has 3 rings (SSSR count). The van der Waals surface area contributed by atoms with E-state index in [1.54, 1.807) is 0 Å². The van der Waals surface area contributed by atoms with Gasteiger partial charge >= 0.3 is 5.97 Å². The third-order valence-corrected chi connectivity index (χ3v) is 3.45. The largest absolute Gasteiger partial charge is 0.480 e. The maximum absolute atomic E-state index is 13.9. The lowest BCUT2D eigenvalue weighted by Crippen LogP contribution is -2.22. The number of carboxylic acids is 1. The van der Waals surface area contributed by atoms with Crippen LogP contribution in [0.4, 0.5) is 17.6 Å². The van der Waals surface area contributed by atoms with E-state index < -0.39 is 48.1 Å². The lowest BCUT2D eigenvalue weighted by Gasteiger charge is -2.14. The van der Waals surface area contributed by atoms with Gasteiger partial charge in [-0.3, -0.25) is 9.48 Å². The van der Waals surface area contributed by atoms with Crippen LogP contribution in [0.1, 0.15) is 35.7 Å². The smallest absolute Gasteiger partial charge is 0.325 e. The number of halogens is 4. The lowest BCUT2D eigenvalue weighted by atomic mass is 10.1. The molecule has 1 aromatic heterocycles. The fourth-order valence-electron chi connectivity index (χ4n) is 2.71. The highest BCUT2D eigenvalue weighted by molar-refractivity contribution is 5.67. The van der Waals surface area contributed by atoms with Crippen molar-refractivity contribution in [1.29, 1.82) is 0 Å². The second-order valence-corrected chi connectivity index (χ2v) is 4.57. The Kier molecular flexibility index (Phi) is 2.07. The van der Waals surface area contributed by atoms with Crippen LogP contribution in [0.15, 0.2) is 0 Å². The maximum atomic E-state index is 13.9. The first-order valence-corrected chi connectivity index (χ1v) is 5.32. The van der Waals surface area contributed by atoms with Crippen LogP contribution < -0.4 is 0 Å². The molecule has 1 aromatic rings. The highest BCUT2D eigenvalue weighted by atomic mass is 19.3. The molecule has 0 bridgehead atoms. The summed E-state index contributed by atoms with van der Waals surface area (Å²) in [6.45, 7) is -0.829. The molecule has 1 heterocycles. The van der Waals surface area contributed by atoms with E-state index in [0.717, 1.165) is 0 Å². The molecule has 18 heavy (non-hydrogen) atoms. The summed E-state index contributed by atoms with van der Waals surface area (Å²) in [5.41, 5.74) is -1.47. The average Bonchev–Trinajstić information content (AvgIpc) is 2.88. The number of carbonyl (C=O) groups is 1. The van der Waals surface area contributed by atoms with Crippen molar-refractivity contribution >= 4 is 5.97 Å². The summed E-state index contributed by atoms with van der Waals surface area (Å²) in [4.78, 5) is 10.6. The van der Waals surface area contributed by atoms with E-state index in [0.29, 0.717) is 4.68 Å².